The third kappa shape index (κ3) is 14.1. The first-order valence-corrected chi connectivity index (χ1v) is 20.8. The summed E-state index contributed by atoms with van der Waals surface area (Å²) in [7, 11) is 0. The van der Waals surface area contributed by atoms with Gasteiger partial charge in [-0.15, -0.1) is 0 Å². The van der Waals surface area contributed by atoms with E-state index in [1.165, 1.54) is 12.1 Å². The van der Waals surface area contributed by atoms with E-state index in [1.54, 1.807) is 21.9 Å². The number of nitriles is 1. The van der Waals surface area contributed by atoms with Gasteiger partial charge in [-0.1, -0.05) is 12.1 Å². The first-order chi connectivity index (χ1) is 30.2. The van der Waals surface area contributed by atoms with Crippen LogP contribution in [0.3, 0.4) is 0 Å². The highest BCUT2D eigenvalue weighted by atomic mass is 19.4. The van der Waals surface area contributed by atoms with Gasteiger partial charge in [-0.05, 0) is 68.6 Å². The zero-order chi connectivity index (χ0) is 45.5. The van der Waals surface area contributed by atoms with E-state index < -0.39 is 55.0 Å². The number of rotatable bonds is 21. The molecular formula is C41H54F3N11O8. The second-order valence-corrected chi connectivity index (χ2v) is 15.5. The maximum atomic E-state index is 14.1. The maximum Gasteiger partial charge on any atom is 0.451 e. The van der Waals surface area contributed by atoms with Crippen molar-refractivity contribution in [2.24, 2.45) is 5.92 Å². The Morgan fingerprint density at radius 3 is 2.27 bits per heavy atom. The molecule has 0 radical (unpaired) electrons. The summed E-state index contributed by atoms with van der Waals surface area (Å²) in [6, 6.07) is 11.2. The Labute approximate surface area is 361 Å². The molecular weight excluding hydrogens is 832 g/mol. The minimum absolute atomic E-state index is 0.0228. The largest absolute Gasteiger partial charge is 0.451 e. The van der Waals surface area contributed by atoms with Gasteiger partial charge >= 0.3 is 6.18 Å². The summed E-state index contributed by atoms with van der Waals surface area (Å²) >= 11 is 0. The maximum absolute atomic E-state index is 14.1. The summed E-state index contributed by atoms with van der Waals surface area (Å²) in [5.74, 6) is -1.76. The van der Waals surface area contributed by atoms with Crippen molar-refractivity contribution in [1.82, 2.24) is 35.9 Å². The van der Waals surface area contributed by atoms with Crippen LogP contribution in [-0.2, 0) is 22.2 Å². The summed E-state index contributed by atoms with van der Waals surface area (Å²) in [6.07, 6.45) is -5.92. The van der Waals surface area contributed by atoms with Crippen molar-refractivity contribution >= 4 is 35.2 Å². The Kier molecular flexibility index (Phi) is 17.7. The second kappa shape index (κ2) is 23.1. The Morgan fingerprint density at radius 2 is 1.57 bits per heavy atom. The summed E-state index contributed by atoms with van der Waals surface area (Å²) in [5.41, 5.74) is 1.44. The molecule has 63 heavy (non-hydrogen) atoms. The lowest BCUT2D eigenvalue weighted by Crippen LogP contribution is -2.48. The topological polar surface area (TPSA) is 282 Å². The smallest absolute Gasteiger partial charge is 0.394 e. The van der Waals surface area contributed by atoms with E-state index in [0.717, 1.165) is 18.3 Å². The van der Waals surface area contributed by atoms with E-state index in [9.17, 15) is 48.0 Å². The van der Waals surface area contributed by atoms with Crippen molar-refractivity contribution in [3.63, 3.8) is 0 Å². The van der Waals surface area contributed by atoms with Crippen molar-refractivity contribution in [2.45, 2.75) is 88.0 Å². The number of alkyl halides is 3. The van der Waals surface area contributed by atoms with Crippen molar-refractivity contribution in [1.29, 1.82) is 5.26 Å². The van der Waals surface area contributed by atoms with Crippen LogP contribution < -0.4 is 31.1 Å². The summed E-state index contributed by atoms with van der Waals surface area (Å²) < 4.78 is 42.2. The quantitative estimate of drug-likeness (QED) is 0.0649. The highest BCUT2D eigenvalue weighted by Gasteiger charge is 2.39. The summed E-state index contributed by atoms with van der Waals surface area (Å²) in [6.45, 7) is 0.719. The molecule has 0 saturated carbocycles. The third-order valence-corrected chi connectivity index (χ3v) is 11.0. The van der Waals surface area contributed by atoms with E-state index in [-0.39, 0.29) is 66.9 Å². The lowest BCUT2D eigenvalue weighted by molar-refractivity contribution is -0.144. The van der Waals surface area contributed by atoms with Crippen LogP contribution in [0, 0.1) is 17.2 Å². The molecule has 0 spiro atoms. The molecule has 4 unspecified atom stereocenters. The van der Waals surface area contributed by atoms with E-state index in [4.69, 9.17) is 10.4 Å². The number of hydrogen-bond acceptors (Lipinski definition) is 16. The lowest BCUT2D eigenvalue weighted by atomic mass is 9.91. The molecule has 22 heteroatoms. The minimum Gasteiger partial charge on any atom is -0.394 e. The van der Waals surface area contributed by atoms with Crippen molar-refractivity contribution in [3.8, 4) is 6.07 Å². The fourth-order valence-corrected chi connectivity index (χ4v) is 7.40. The molecule has 3 aromatic rings. The van der Waals surface area contributed by atoms with Gasteiger partial charge in [-0.25, -0.2) is 19.9 Å². The summed E-state index contributed by atoms with van der Waals surface area (Å²) in [5, 5.41) is 68.1. The Morgan fingerprint density at radius 1 is 0.873 bits per heavy atom. The zero-order valence-electron chi connectivity index (χ0n) is 34.5. The second-order valence-electron chi connectivity index (χ2n) is 15.5. The predicted molar refractivity (Wildman–Crippen MR) is 221 cm³/mol. The highest BCUT2D eigenvalue weighted by Crippen LogP contribution is 2.34. The molecule has 4 heterocycles. The molecule has 0 aliphatic carbocycles. The Balaban J connectivity index is 1.02. The van der Waals surface area contributed by atoms with Gasteiger partial charge in [0.05, 0.1) is 24.3 Å². The average molecular weight is 886 g/mol. The van der Waals surface area contributed by atoms with Crippen LogP contribution >= 0.6 is 0 Å². The predicted octanol–water partition coefficient (Wildman–Crippen LogP) is 0.265. The van der Waals surface area contributed by atoms with Crippen LogP contribution in [0.5, 0.6) is 0 Å². The Bertz CT molecular complexity index is 2020. The molecule has 2 aromatic heterocycles. The molecule has 5 rings (SSSR count). The van der Waals surface area contributed by atoms with Crippen molar-refractivity contribution in [2.75, 3.05) is 67.5 Å². The summed E-state index contributed by atoms with van der Waals surface area (Å²) in [4.78, 5) is 57.4. The average Bonchev–Trinajstić information content (AvgIpc) is 3.79. The number of aromatic nitrogens is 4. The number of carbonyl (C=O) groups excluding carboxylic acids is 3. The molecule has 5 atom stereocenters. The van der Waals surface area contributed by atoms with E-state index >= 15 is 0 Å². The van der Waals surface area contributed by atoms with Crippen LogP contribution in [0.2, 0.25) is 0 Å². The van der Waals surface area contributed by atoms with Gasteiger partial charge in [0.2, 0.25) is 17.6 Å². The molecule has 342 valence electrons. The van der Waals surface area contributed by atoms with E-state index in [0.29, 0.717) is 70.3 Å². The number of aliphatic hydroxyl groups excluding tert-OH is 5. The number of nitrogens with one attached hydrogen (secondary N) is 4. The van der Waals surface area contributed by atoms with Crippen LogP contribution in [-0.4, -0.2) is 146 Å². The fourth-order valence-electron chi connectivity index (χ4n) is 7.40. The van der Waals surface area contributed by atoms with Crippen LogP contribution in [0.25, 0.3) is 0 Å². The van der Waals surface area contributed by atoms with Gasteiger partial charge in [0.25, 0.3) is 5.91 Å². The number of halogens is 3. The van der Waals surface area contributed by atoms with Gasteiger partial charge in [0, 0.05) is 64.4 Å². The fraction of sp³-hybridized carbons (Fsp3) is 0.561. The SMILES string of the molecule is N#Cc1ccc(CCNC(=O)[C@@H]2CCCN2c2cc(N3CCC(CCCC(=O)NCCNC(=O)c4cc(NCC(O)C(O)C(O)C(O)CO)ncn4)CC3)nc(C(F)(F)F)n2)cc1. The highest BCUT2D eigenvalue weighted by molar-refractivity contribution is 5.92. The number of anilines is 3. The van der Waals surface area contributed by atoms with Crippen LogP contribution in [0.4, 0.5) is 30.6 Å². The lowest BCUT2D eigenvalue weighted by Gasteiger charge is -2.34. The van der Waals surface area contributed by atoms with Crippen molar-refractivity contribution < 1.29 is 53.1 Å². The van der Waals surface area contributed by atoms with Gasteiger partial charge in [0.15, 0.2) is 0 Å². The molecule has 9 N–H and O–H groups in total. The number of hydrogen-bond donors (Lipinski definition) is 9. The van der Waals surface area contributed by atoms with E-state index in [2.05, 4.69) is 47.3 Å². The molecule has 0 bridgehead atoms. The van der Waals surface area contributed by atoms with Gasteiger partial charge in [0.1, 0.15) is 53.8 Å². The molecule has 1 aromatic carbocycles. The molecule has 2 aliphatic heterocycles. The normalized spacial score (nSPS) is 17.6. The molecule has 3 amide bonds. The van der Waals surface area contributed by atoms with E-state index in [1.807, 2.05) is 12.1 Å². The number of nitrogens with zero attached hydrogens (tertiary/aromatic N) is 7. The Hall–Kier alpha value is -5.73. The van der Waals surface area contributed by atoms with Crippen molar-refractivity contribution in [3.05, 3.63) is 65.4 Å². The number of benzene rings is 1. The number of aliphatic hydroxyl groups is 5. The van der Waals surface area contributed by atoms with Gasteiger partial charge in [-0.3, -0.25) is 14.4 Å². The number of carbonyl (C=O) groups is 3. The van der Waals surface area contributed by atoms with Crippen LogP contribution in [0.1, 0.15) is 72.4 Å². The minimum atomic E-state index is -4.80. The molecule has 2 saturated heterocycles. The van der Waals surface area contributed by atoms with Crippen LogP contribution in [0.15, 0.2) is 42.7 Å². The van der Waals surface area contributed by atoms with Gasteiger partial charge < -0.3 is 56.6 Å². The third-order valence-electron chi connectivity index (χ3n) is 11.0. The number of amides is 3. The molecule has 19 nitrogen and oxygen atoms in total. The monoisotopic (exact) mass is 885 g/mol. The zero-order valence-corrected chi connectivity index (χ0v) is 34.5. The first-order valence-electron chi connectivity index (χ1n) is 20.8. The first kappa shape index (κ1) is 48.3. The number of piperidine rings is 1. The molecule has 2 aliphatic rings. The molecule has 2 fully saturated rings. The standard InChI is InChI=1S/C41H54F3N11O8/c42-41(43,44)40-52-33(20-34(53-40)55-16-2-4-29(55)39(63)47-13-10-26-6-8-27(21-45)9-7-26)54-17-11-25(12-18-54)3-1-5-35(59)46-14-15-48-38(62)28-19-32(51-24-50-28)49-22-30(57)36(60)37(61)31(58)23-56/h6-9,19-20,24-25,29-31,36-37,56-58,60-61H,1-5,10-18,22-23H2,(H,46,59)(H,47,63)(H,48,62)(H,49,50,51)/t29-,30?,31?,36?,37?/m0/s1. The van der Waals surface area contributed by atoms with Gasteiger partial charge in [-0.2, -0.15) is 18.4 Å².